The molecule has 5 nitrogen and oxygen atoms in total. The molecule has 0 unspecified atom stereocenters. The Hall–Kier alpha value is -1.76. The van der Waals surface area contributed by atoms with E-state index in [0.29, 0.717) is 24.6 Å². The number of morpholine rings is 1. The first-order valence-electron chi connectivity index (χ1n) is 8.78. The van der Waals surface area contributed by atoms with Crippen LogP contribution in [0.1, 0.15) is 35.6 Å². The maximum atomic E-state index is 13.1. The highest BCUT2D eigenvalue weighted by molar-refractivity contribution is 7.89. The van der Waals surface area contributed by atoms with Gasteiger partial charge in [-0.1, -0.05) is 12.1 Å². The van der Waals surface area contributed by atoms with Crippen LogP contribution < -0.4 is 0 Å². The topological polar surface area (TPSA) is 59.5 Å². The van der Waals surface area contributed by atoms with Crippen LogP contribution in [0.4, 0.5) is 0 Å². The summed E-state index contributed by atoms with van der Waals surface area (Å²) >= 11 is 0. The molecule has 1 aromatic carbocycles. The van der Waals surface area contributed by atoms with E-state index >= 15 is 0 Å². The summed E-state index contributed by atoms with van der Waals surface area (Å²) in [5.41, 5.74) is 3.39. The van der Waals surface area contributed by atoms with Gasteiger partial charge in [0.25, 0.3) is 0 Å². The van der Waals surface area contributed by atoms with Gasteiger partial charge in [-0.25, -0.2) is 8.42 Å². The molecule has 0 N–H and O–H groups in total. The van der Waals surface area contributed by atoms with Crippen LogP contribution in [0.15, 0.2) is 47.6 Å². The molecule has 1 aromatic heterocycles. The molecular formula is C19H22N2O3S. The van der Waals surface area contributed by atoms with Gasteiger partial charge in [0.2, 0.25) is 10.0 Å². The van der Waals surface area contributed by atoms with Gasteiger partial charge in [-0.05, 0) is 55.0 Å². The number of sulfonamides is 1. The van der Waals surface area contributed by atoms with Gasteiger partial charge in [-0.2, -0.15) is 4.31 Å². The summed E-state index contributed by atoms with van der Waals surface area (Å²) in [6.07, 6.45) is 7.52. The minimum Gasteiger partial charge on any atom is -0.371 e. The van der Waals surface area contributed by atoms with Crippen molar-refractivity contribution in [2.24, 2.45) is 0 Å². The van der Waals surface area contributed by atoms with Crippen molar-refractivity contribution in [1.29, 1.82) is 0 Å². The number of rotatable bonds is 3. The average molecular weight is 358 g/mol. The molecule has 0 radical (unpaired) electrons. The molecular weight excluding hydrogens is 336 g/mol. The molecule has 2 aliphatic rings. The first kappa shape index (κ1) is 16.7. The molecule has 0 amide bonds. The van der Waals surface area contributed by atoms with Gasteiger partial charge in [-0.3, -0.25) is 4.98 Å². The van der Waals surface area contributed by atoms with Crippen LogP contribution in [0.5, 0.6) is 0 Å². The predicted octanol–water partition coefficient (Wildman–Crippen LogP) is 2.72. The van der Waals surface area contributed by atoms with Crippen molar-refractivity contribution in [3.05, 3.63) is 59.4 Å². The van der Waals surface area contributed by atoms with Crippen LogP contribution in [0.3, 0.4) is 0 Å². The Kier molecular flexibility index (Phi) is 4.58. The van der Waals surface area contributed by atoms with Crippen LogP contribution in [-0.4, -0.2) is 37.4 Å². The van der Waals surface area contributed by atoms with Crippen molar-refractivity contribution < 1.29 is 13.2 Å². The second-order valence-electron chi connectivity index (χ2n) is 6.65. The van der Waals surface area contributed by atoms with Crippen LogP contribution in [0.25, 0.3) is 0 Å². The van der Waals surface area contributed by atoms with E-state index in [1.165, 1.54) is 17.5 Å². The molecule has 2 aromatic rings. The fourth-order valence-electron chi connectivity index (χ4n) is 3.63. The molecule has 0 spiro atoms. The lowest BCUT2D eigenvalue weighted by Crippen LogP contribution is -2.42. The minimum absolute atomic E-state index is 0.269. The van der Waals surface area contributed by atoms with Crippen LogP contribution in [0, 0.1) is 0 Å². The number of aromatic nitrogens is 1. The van der Waals surface area contributed by atoms with Gasteiger partial charge in [0.05, 0.1) is 17.6 Å². The molecule has 1 aliphatic carbocycles. The molecule has 4 rings (SSSR count). The third kappa shape index (κ3) is 3.34. The number of hydrogen-bond acceptors (Lipinski definition) is 4. The second-order valence-corrected chi connectivity index (χ2v) is 8.58. The van der Waals surface area contributed by atoms with E-state index in [1.54, 1.807) is 22.8 Å². The summed E-state index contributed by atoms with van der Waals surface area (Å²) in [7, 11) is -3.50. The standard InChI is InChI=1S/C19H22N2O3S/c22-25(23,18-8-7-15-4-1-2-5-16(15)12-18)21-10-11-24-19(14-21)17-6-3-9-20-13-17/h3,6-9,12-13,19H,1-2,4-5,10-11,14H2/t19-/m0/s1. The maximum Gasteiger partial charge on any atom is 0.243 e. The molecule has 6 heteroatoms. The first-order valence-corrected chi connectivity index (χ1v) is 10.2. The zero-order valence-corrected chi connectivity index (χ0v) is 14.9. The van der Waals surface area contributed by atoms with Crippen molar-refractivity contribution in [1.82, 2.24) is 9.29 Å². The highest BCUT2D eigenvalue weighted by Gasteiger charge is 2.32. The molecule has 1 atom stereocenters. The van der Waals surface area contributed by atoms with Gasteiger partial charge in [0.1, 0.15) is 0 Å². The number of nitrogens with zero attached hydrogens (tertiary/aromatic N) is 2. The van der Waals surface area contributed by atoms with Crippen molar-refractivity contribution in [3.63, 3.8) is 0 Å². The molecule has 1 aliphatic heterocycles. The quantitative estimate of drug-likeness (QED) is 0.846. The maximum absolute atomic E-state index is 13.1. The average Bonchev–Trinajstić information content (AvgIpc) is 2.68. The Labute approximate surface area is 148 Å². The molecule has 0 bridgehead atoms. The van der Waals surface area contributed by atoms with Crippen molar-refractivity contribution in [2.45, 2.75) is 36.7 Å². The Bertz CT molecular complexity index is 852. The van der Waals surface area contributed by atoms with E-state index < -0.39 is 10.0 Å². The summed E-state index contributed by atoms with van der Waals surface area (Å²) in [5.74, 6) is 0. The smallest absolute Gasteiger partial charge is 0.243 e. The molecule has 25 heavy (non-hydrogen) atoms. The normalized spacial score (nSPS) is 21.7. The van der Waals surface area contributed by atoms with Crippen molar-refractivity contribution >= 4 is 10.0 Å². The number of ether oxygens (including phenoxy) is 1. The Balaban J connectivity index is 1.59. The fourth-order valence-corrected chi connectivity index (χ4v) is 5.11. The number of benzene rings is 1. The van der Waals surface area contributed by atoms with Gasteiger partial charge in [0, 0.05) is 31.0 Å². The fraction of sp³-hybridized carbons (Fsp3) is 0.421. The van der Waals surface area contributed by atoms with E-state index in [4.69, 9.17) is 4.74 Å². The summed E-state index contributed by atoms with van der Waals surface area (Å²) in [4.78, 5) is 4.51. The minimum atomic E-state index is -3.50. The van der Waals surface area contributed by atoms with Crippen molar-refractivity contribution in [3.8, 4) is 0 Å². The Morgan fingerprint density at radius 1 is 1.12 bits per heavy atom. The van der Waals surface area contributed by atoms with Gasteiger partial charge < -0.3 is 4.74 Å². The highest BCUT2D eigenvalue weighted by atomic mass is 32.2. The monoisotopic (exact) mass is 358 g/mol. The third-order valence-corrected chi connectivity index (χ3v) is 6.90. The lowest BCUT2D eigenvalue weighted by molar-refractivity contribution is -0.00273. The first-order chi connectivity index (χ1) is 12.1. The number of aryl methyl sites for hydroxylation is 2. The van der Waals surface area contributed by atoms with E-state index in [0.717, 1.165) is 24.8 Å². The van der Waals surface area contributed by atoms with E-state index in [2.05, 4.69) is 4.98 Å². The SMILES string of the molecule is O=S(=O)(c1ccc2c(c1)CCCC2)N1CCO[C@H](c2cccnc2)C1. The summed E-state index contributed by atoms with van der Waals surface area (Å²) in [5, 5.41) is 0. The van der Waals surface area contributed by atoms with Gasteiger partial charge in [0.15, 0.2) is 0 Å². The summed E-state index contributed by atoms with van der Waals surface area (Å²) < 4.78 is 33.5. The highest BCUT2D eigenvalue weighted by Crippen LogP contribution is 2.29. The Morgan fingerprint density at radius 3 is 2.76 bits per heavy atom. The van der Waals surface area contributed by atoms with Crippen LogP contribution in [0.2, 0.25) is 0 Å². The Morgan fingerprint density at radius 2 is 1.96 bits per heavy atom. The number of pyridine rings is 1. The molecule has 1 saturated heterocycles. The van der Waals surface area contributed by atoms with Crippen molar-refractivity contribution in [2.75, 3.05) is 19.7 Å². The second kappa shape index (κ2) is 6.86. The largest absolute Gasteiger partial charge is 0.371 e. The molecule has 2 heterocycles. The van der Waals surface area contributed by atoms with Crippen LogP contribution in [-0.2, 0) is 27.6 Å². The zero-order valence-electron chi connectivity index (χ0n) is 14.1. The van der Waals surface area contributed by atoms with E-state index in [1.807, 2.05) is 24.3 Å². The summed E-state index contributed by atoms with van der Waals surface area (Å²) in [6.45, 7) is 1.10. The van der Waals surface area contributed by atoms with E-state index in [-0.39, 0.29) is 6.10 Å². The number of hydrogen-bond donors (Lipinski definition) is 0. The summed E-state index contributed by atoms with van der Waals surface area (Å²) in [6, 6.07) is 9.38. The predicted molar refractivity (Wildman–Crippen MR) is 94.8 cm³/mol. The van der Waals surface area contributed by atoms with Gasteiger partial charge in [-0.15, -0.1) is 0 Å². The number of fused-ring (bicyclic) bond motifs is 1. The van der Waals surface area contributed by atoms with E-state index in [9.17, 15) is 8.42 Å². The van der Waals surface area contributed by atoms with Gasteiger partial charge >= 0.3 is 0 Å². The lowest BCUT2D eigenvalue weighted by atomic mass is 9.92. The molecule has 132 valence electrons. The third-order valence-electron chi connectivity index (χ3n) is 5.04. The lowest BCUT2D eigenvalue weighted by Gasteiger charge is -2.32. The molecule has 1 fully saturated rings. The zero-order chi connectivity index (χ0) is 17.3. The van der Waals surface area contributed by atoms with Crippen LogP contribution >= 0.6 is 0 Å². The molecule has 0 saturated carbocycles.